The average Bonchev–Trinajstić information content (AvgIpc) is 2.49. The second-order valence-electron chi connectivity index (χ2n) is 3.88. The molecule has 3 heteroatoms. The molecule has 2 nitrogen and oxygen atoms in total. The fourth-order valence-corrected chi connectivity index (χ4v) is 2.44. The van der Waals surface area contributed by atoms with Crippen molar-refractivity contribution >= 4 is 11.8 Å². The van der Waals surface area contributed by atoms with Crippen LogP contribution in [-0.2, 0) is 4.74 Å². The van der Waals surface area contributed by atoms with Crippen LogP contribution in [0, 0.1) is 5.41 Å². The predicted molar refractivity (Wildman–Crippen MR) is 57.2 cm³/mol. The molecule has 13 heavy (non-hydrogen) atoms. The molecule has 0 aromatic heterocycles. The summed E-state index contributed by atoms with van der Waals surface area (Å²) in [6, 6.07) is 0. The first kappa shape index (κ1) is 11.3. The van der Waals surface area contributed by atoms with Crippen LogP contribution in [0.2, 0.25) is 0 Å². The average molecular weight is 204 g/mol. The molecular formula is C10H20O2S. The molecule has 0 aromatic carbocycles. The van der Waals surface area contributed by atoms with E-state index in [-0.39, 0.29) is 18.1 Å². The maximum absolute atomic E-state index is 9.40. The highest BCUT2D eigenvalue weighted by atomic mass is 32.2. The Bertz CT molecular complexity index is 152. The van der Waals surface area contributed by atoms with Gasteiger partial charge in [0.2, 0.25) is 0 Å². The standard InChI is InChI=1S/C10H20O2S/c1-9-10(8-11,5-6-12-9)4-3-7-13-2/h9,11H,3-8H2,1-2H3. The summed E-state index contributed by atoms with van der Waals surface area (Å²) in [5, 5.41) is 9.40. The summed E-state index contributed by atoms with van der Waals surface area (Å²) in [4.78, 5) is 0. The number of aliphatic hydroxyl groups is 1. The minimum atomic E-state index is 0.0652. The third-order valence-corrected chi connectivity index (χ3v) is 3.87. The van der Waals surface area contributed by atoms with Gasteiger partial charge in [0.25, 0.3) is 0 Å². The van der Waals surface area contributed by atoms with Gasteiger partial charge in [-0.15, -0.1) is 0 Å². The van der Waals surface area contributed by atoms with Crippen molar-refractivity contribution in [3.8, 4) is 0 Å². The Kier molecular flexibility index (Phi) is 4.56. The summed E-state index contributed by atoms with van der Waals surface area (Å²) in [5.41, 5.74) is 0.0652. The Labute approximate surface area is 85.0 Å². The van der Waals surface area contributed by atoms with Crippen molar-refractivity contribution in [1.29, 1.82) is 0 Å². The molecule has 1 aliphatic rings. The lowest BCUT2D eigenvalue weighted by molar-refractivity contribution is 0.0215. The van der Waals surface area contributed by atoms with Crippen molar-refractivity contribution in [3.05, 3.63) is 0 Å². The fourth-order valence-electron chi connectivity index (χ4n) is 2.00. The molecular weight excluding hydrogens is 184 g/mol. The predicted octanol–water partition coefficient (Wildman–Crippen LogP) is 1.92. The van der Waals surface area contributed by atoms with Crippen LogP contribution in [0.15, 0.2) is 0 Å². The van der Waals surface area contributed by atoms with Gasteiger partial charge in [-0.1, -0.05) is 0 Å². The van der Waals surface area contributed by atoms with Crippen molar-refractivity contribution in [2.75, 3.05) is 25.2 Å². The van der Waals surface area contributed by atoms with E-state index in [1.807, 2.05) is 11.8 Å². The maximum Gasteiger partial charge on any atom is 0.0625 e. The smallest absolute Gasteiger partial charge is 0.0625 e. The van der Waals surface area contributed by atoms with E-state index >= 15 is 0 Å². The van der Waals surface area contributed by atoms with Crippen LogP contribution in [0.25, 0.3) is 0 Å². The highest BCUT2D eigenvalue weighted by Gasteiger charge is 2.40. The third kappa shape index (κ3) is 2.61. The Balaban J connectivity index is 2.39. The second kappa shape index (κ2) is 5.23. The first-order chi connectivity index (χ1) is 6.25. The molecule has 0 saturated carbocycles. The van der Waals surface area contributed by atoms with Crippen molar-refractivity contribution in [2.24, 2.45) is 5.41 Å². The monoisotopic (exact) mass is 204 g/mol. The van der Waals surface area contributed by atoms with Crippen LogP contribution in [0.5, 0.6) is 0 Å². The molecule has 1 saturated heterocycles. The quantitative estimate of drug-likeness (QED) is 0.694. The minimum Gasteiger partial charge on any atom is -0.396 e. The highest BCUT2D eigenvalue weighted by Crippen LogP contribution is 2.38. The van der Waals surface area contributed by atoms with Crippen LogP contribution in [0.1, 0.15) is 26.2 Å². The second-order valence-corrected chi connectivity index (χ2v) is 4.87. The molecule has 0 spiro atoms. The van der Waals surface area contributed by atoms with Crippen LogP contribution in [0.4, 0.5) is 0 Å². The van der Waals surface area contributed by atoms with Gasteiger partial charge in [-0.3, -0.25) is 0 Å². The molecule has 1 heterocycles. The molecule has 1 aliphatic heterocycles. The normalized spacial score (nSPS) is 33.9. The lowest BCUT2D eigenvalue weighted by Crippen LogP contribution is -2.32. The summed E-state index contributed by atoms with van der Waals surface area (Å²) in [5.74, 6) is 1.19. The van der Waals surface area contributed by atoms with Crippen LogP contribution in [-0.4, -0.2) is 36.4 Å². The molecule has 1 rings (SSSR count). The molecule has 0 amide bonds. The van der Waals surface area contributed by atoms with Gasteiger partial charge in [-0.2, -0.15) is 11.8 Å². The van der Waals surface area contributed by atoms with Gasteiger partial charge in [-0.05, 0) is 38.2 Å². The lowest BCUT2D eigenvalue weighted by Gasteiger charge is -2.29. The molecule has 78 valence electrons. The number of ether oxygens (including phenoxy) is 1. The number of hydrogen-bond donors (Lipinski definition) is 1. The van der Waals surface area contributed by atoms with Crippen molar-refractivity contribution in [1.82, 2.24) is 0 Å². The van der Waals surface area contributed by atoms with Crippen LogP contribution in [0.3, 0.4) is 0 Å². The van der Waals surface area contributed by atoms with Crippen molar-refractivity contribution < 1.29 is 9.84 Å². The zero-order chi connectivity index (χ0) is 9.73. The van der Waals surface area contributed by atoms with Gasteiger partial charge >= 0.3 is 0 Å². The number of aliphatic hydroxyl groups excluding tert-OH is 1. The maximum atomic E-state index is 9.40. The SMILES string of the molecule is CSCCCC1(CO)CCOC1C. The van der Waals surface area contributed by atoms with Crippen LogP contribution >= 0.6 is 11.8 Å². The molecule has 2 atom stereocenters. The zero-order valence-corrected chi connectivity index (χ0v) is 9.40. The number of hydrogen-bond acceptors (Lipinski definition) is 3. The number of rotatable bonds is 5. The Morgan fingerprint density at radius 1 is 1.62 bits per heavy atom. The minimum absolute atomic E-state index is 0.0652. The first-order valence-electron chi connectivity index (χ1n) is 4.96. The zero-order valence-electron chi connectivity index (χ0n) is 8.58. The third-order valence-electron chi connectivity index (χ3n) is 3.17. The Hall–Kier alpha value is 0.270. The van der Waals surface area contributed by atoms with E-state index in [0.29, 0.717) is 0 Å². The fraction of sp³-hybridized carbons (Fsp3) is 1.00. The molecule has 0 aliphatic carbocycles. The van der Waals surface area contributed by atoms with Crippen LogP contribution < -0.4 is 0 Å². The molecule has 2 unspecified atom stereocenters. The van der Waals surface area contributed by atoms with Crippen molar-refractivity contribution in [2.45, 2.75) is 32.3 Å². The van der Waals surface area contributed by atoms with Gasteiger partial charge in [0.15, 0.2) is 0 Å². The largest absolute Gasteiger partial charge is 0.396 e. The topological polar surface area (TPSA) is 29.5 Å². The summed E-state index contributed by atoms with van der Waals surface area (Å²) in [7, 11) is 0. The lowest BCUT2D eigenvalue weighted by atomic mass is 9.78. The van der Waals surface area contributed by atoms with Gasteiger partial charge in [0.1, 0.15) is 0 Å². The van der Waals surface area contributed by atoms with Gasteiger partial charge < -0.3 is 9.84 Å². The molecule has 1 fully saturated rings. The molecule has 0 bridgehead atoms. The molecule has 0 radical (unpaired) electrons. The van der Waals surface area contributed by atoms with E-state index in [4.69, 9.17) is 4.74 Å². The summed E-state index contributed by atoms with van der Waals surface area (Å²) in [6.07, 6.45) is 5.68. The molecule has 1 N–H and O–H groups in total. The summed E-state index contributed by atoms with van der Waals surface area (Å²) < 4.78 is 5.52. The van der Waals surface area contributed by atoms with Gasteiger partial charge in [0.05, 0.1) is 12.7 Å². The molecule has 0 aromatic rings. The van der Waals surface area contributed by atoms with E-state index < -0.39 is 0 Å². The summed E-state index contributed by atoms with van der Waals surface area (Å²) in [6.45, 7) is 3.19. The first-order valence-corrected chi connectivity index (χ1v) is 6.36. The van der Waals surface area contributed by atoms with Gasteiger partial charge in [-0.25, -0.2) is 0 Å². The highest BCUT2D eigenvalue weighted by molar-refractivity contribution is 7.98. The Morgan fingerprint density at radius 2 is 2.38 bits per heavy atom. The van der Waals surface area contributed by atoms with E-state index in [9.17, 15) is 5.11 Å². The Morgan fingerprint density at radius 3 is 2.85 bits per heavy atom. The van der Waals surface area contributed by atoms with Gasteiger partial charge in [0, 0.05) is 12.0 Å². The van der Waals surface area contributed by atoms with E-state index in [1.165, 1.54) is 12.2 Å². The summed E-state index contributed by atoms with van der Waals surface area (Å²) >= 11 is 1.87. The van der Waals surface area contributed by atoms with E-state index in [0.717, 1.165) is 19.4 Å². The van der Waals surface area contributed by atoms with Crippen molar-refractivity contribution in [3.63, 3.8) is 0 Å². The number of thioether (sulfide) groups is 1. The van der Waals surface area contributed by atoms with E-state index in [2.05, 4.69) is 13.2 Å². The van der Waals surface area contributed by atoms with E-state index in [1.54, 1.807) is 0 Å².